The molecule has 0 fully saturated rings. The van der Waals surface area contributed by atoms with E-state index in [0.717, 1.165) is 24.1 Å². The van der Waals surface area contributed by atoms with Crippen LogP contribution >= 0.6 is 0 Å². The van der Waals surface area contributed by atoms with Crippen molar-refractivity contribution in [3.8, 4) is 12.3 Å². The number of hydrogen-bond donors (Lipinski definition) is 1. The SMILES string of the molecule is C#Cc1ccc(NC(=O)CCCCCCCCCCCCCCCCCCC)cc1. The van der Waals surface area contributed by atoms with Crippen molar-refractivity contribution < 1.29 is 4.79 Å². The molecule has 0 spiro atoms. The molecule has 30 heavy (non-hydrogen) atoms. The fraction of sp³-hybridized carbons (Fsp3) is 0.679. The van der Waals surface area contributed by atoms with Crippen LogP contribution in [0.4, 0.5) is 5.69 Å². The third-order valence-corrected chi connectivity index (χ3v) is 5.84. The molecular weight excluding hydrogens is 366 g/mol. The number of carbonyl (C=O) groups is 1. The molecule has 1 aromatic rings. The Balaban J connectivity index is 1.81. The number of hydrogen-bond acceptors (Lipinski definition) is 1. The van der Waals surface area contributed by atoms with Gasteiger partial charge in [0.15, 0.2) is 0 Å². The number of amides is 1. The summed E-state index contributed by atoms with van der Waals surface area (Å²) < 4.78 is 0. The fourth-order valence-electron chi connectivity index (χ4n) is 3.88. The first kappa shape index (κ1) is 26.3. The number of carbonyl (C=O) groups excluding carboxylic acids is 1. The monoisotopic (exact) mass is 411 g/mol. The average molecular weight is 412 g/mol. The van der Waals surface area contributed by atoms with Crippen molar-refractivity contribution in [2.45, 2.75) is 122 Å². The molecule has 1 amide bonds. The van der Waals surface area contributed by atoms with Crippen LogP contribution in [0.15, 0.2) is 24.3 Å². The van der Waals surface area contributed by atoms with Crippen molar-refractivity contribution in [2.75, 3.05) is 5.32 Å². The normalized spacial score (nSPS) is 10.7. The van der Waals surface area contributed by atoms with Crippen molar-refractivity contribution in [3.63, 3.8) is 0 Å². The molecule has 0 bridgehead atoms. The maximum Gasteiger partial charge on any atom is 0.224 e. The summed E-state index contributed by atoms with van der Waals surface area (Å²) in [5.74, 6) is 2.68. The number of unbranched alkanes of at least 4 members (excludes halogenated alkanes) is 16. The Morgan fingerprint density at radius 3 is 1.50 bits per heavy atom. The molecule has 0 saturated carbocycles. The zero-order valence-corrected chi connectivity index (χ0v) is 19.5. The van der Waals surface area contributed by atoms with E-state index >= 15 is 0 Å². The Morgan fingerprint density at radius 1 is 0.700 bits per heavy atom. The van der Waals surface area contributed by atoms with Gasteiger partial charge in [0.05, 0.1) is 0 Å². The van der Waals surface area contributed by atoms with E-state index in [4.69, 9.17) is 6.42 Å². The molecule has 1 aromatic carbocycles. The lowest BCUT2D eigenvalue weighted by Gasteiger charge is -2.06. The van der Waals surface area contributed by atoms with E-state index < -0.39 is 0 Å². The van der Waals surface area contributed by atoms with E-state index in [1.165, 1.54) is 96.3 Å². The van der Waals surface area contributed by atoms with E-state index in [2.05, 4.69) is 18.2 Å². The number of anilines is 1. The Labute approximate surface area is 186 Å². The van der Waals surface area contributed by atoms with E-state index in [1.54, 1.807) is 0 Å². The summed E-state index contributed by atoms with van der Waals surface area (Å²) in [5, 5.41) is 2.94. The van der Waals surface area contributed by atoms with Crippen LogP contribution in [-0.4, -0.2) is 5.91 Å². The van der Waals surface area contributed by atoms with Crippen molar-refractivity contribution >= 4 is 11.6 Å². The highest BCUT2D eigenvalue weighted by atomic mass is 16.1. The van der Waals surface area contributed by atoms with E-state index in [0.29, 0.717) is 6.42 Å². The number of rotatable bonds is 19. The van der Waals surface area contributed by atoms with Crippen LogP contribution in [0.1, 0.15) is 128 Å². The van der Waals surface area contributed by atoms with Crippen LogP contribution in [-0.2, 0) is 4.79 Å². The van der Waals surface area contributed by atoms with Gasteiger partial charge in [0.2, 0.25) is 5.91 Å². The van der Waals surface area contributed by atoms with Crippen LogP contribution < -0.4 is 5.32 Å². The van der Waals surface area contributed by atoms with Crippen LogP contribution in [0, 0.1) is 12.3 Å². The smallest absolute Gasteiger partial charge is 0.224 e. The average Bonchev–Trinajstić information content (AvgIpc) is 2.76. The van der Waals surface area contributed by atoms with Gasteiger partial charge < -0.3 is 5.32 Å². The van der Waals surface area contributed by atoms with Gasteiger partial charge in [-0.3, -0.25) is 4.79 Å². The summed E-state index contributed by atoms with van der Waals surface area (Å²) in [7, 11) is 0. The Hall–Kier alpha value is -1.75. The van der Waals surface area contributed by atoms with Gasteiger partial charge in [-0.15, -0.1) is 6.42 Å². The largest absolute Gasteiger partial charge is 0.326 e. The summed E-state index contributed by atoms with van der Waals surface area (Å²) in [4.78, 5) is 12.0. The molecule has 0 saturated heterocycles. The molecule has 1 N–H and O–H groups in total. The number of benzene rings is 1. The summed E-state index contributed by atoms with van der Waals surface area (Å²) in [5.41, 5.74) is 1.66. The van der Waals surface area contributed by atoms with E-state index in [9.17, 15) is 4.79 Å². The second kappa shape index (κ2) is 19.2. The minimum Gasteiger partial charge on any atom is -0.326 e. The lowest BCUT2D eigenvalue weighted by atomic mass is 10.0. The predicted octanol–water partition coefficient (Wildman–Crippen LogP) is 8.65. The standard InChI is InChI=1S/C28H45NO/c1-3-5-6-7-8-9-10-11-12-13-14-15-16-17-18-19-20-21-28(30)29-27-24-22-26(4-2)23-25-27/h2,22-25H,3,5-21H2,1H3,(H,29,30). The second-order valence-electron chi connectivity index (χ2n) is 8.68. The fourth-order valence-corrected chi connectivity index (χ4v) is 3.88. The van der Waals surface area contributed by atoms with Gasteiger partial charge in [0, 0.05) is 17.7 Å². The van der Waals surface area contributed by atoms with Crippen LogP contribution in [0.25, 0.3) is 0 Å². The molecule has 0 unspecified atom stereocenters. The zero-order valence-electron chi connectivity index (χ0n) is 19.5. The van der Waals surface area contributed by atoms with Gasteiger partial charge in [-0.25, -0.2) is 0 Å². The third kappa shape index (κ3) is 15.1. The minimum absolute atomic E-state index is 0.101. The van der Waals surface area contributed by atoms with Gasteiger partial charge in [-0.1, -0.05) is 116 Å². The van der Waals surface area contributed by atoms with E-state index in [1.807, 2.05) is 24.3 Å². The zero-order chi connectivity index (χ0) is 21.7. The number of nitrogens with one attached hydrogen (secondary N) is 1. The quantitative estimate of drug-likeness (QED) is 0.179. The highest BCUT2D eigenvalue weighted by Crippen LogP contribution is 2.15. The summed E-state index contributed by atoms with van der Waals surface area (Å²) in [6, 6.07) is 7.43. The summed E-state index contributed by atoms with van der Waals surface area (Å²) in [6.45, 7) is 2.28. The predicted molar refractivity (Wildman–Crippen MR) is 132 cm³/mol. The molecule has 0 aliphatic carbocycles. The van der Waals surface area contributed by atoms with Gasteiger partial charge in [-0.05, 0) is 30.7 Å². The van der Waals surface area contributed by atoms with Crippen molar-refractivity contribution in [1.82, 2.24) is 0 Å². The van der Waals surface area contributed by atoms with Crippen LogP contribution in [0.2, 0.25) is 0 Å². The van der Waals surface area contributed by atoms with Gasteiger partial charge >= 0.3 is 0 Å². The molecule has 0 aliphatic rings. The molecule has 0 radical (unpaired) electrons. The first-order valence-electron chi connectivity index (χ1n) is 12.6. The van der Waals surface area contributed by atoms with E-state index in [-0.39, 0.29) is 5.91 Å². The first-order chi connectivity index (χ1) is 14.8. The molecule has 2 nitrogen and oxygen atoms in total. The van der Waals surface area contributed by atoms with Crippen molar-refractivity contribution in [1.29, 1.82) is 0 Å². The summed E-state index contributed by atoms with van der Waals surface area (Å²) >= 11 is 0. The molecular formula is C28H45NO. The Bertz CT molecular complexity index is 569. The first-order valence-corrected chi connectivity index (χ1v) is 12.6. The van der Waals surface area contributed by atoms with Crippen LogP contribution in [0.5, 0.6) is 0 Å². The Kier molecular flexibility index (Phi) is 16.8. The lowest BCUT2D eigenvalue weighted by Crippen LogP contribution is -2.10. The van der Waals surface area contributed by atoms with Gasteiger partial charge in [0.1, 0.15) is 0 Å². The molecule has 0 aliphatic heterocycles. The molecule has 0 aromatic heterocycles. The van der Waals surface area contributed by atoms with Gasteiger partial charge in [0.25, 0.3) is 0 Å². The maximum atomic E-state index is 12.0. The number of terminal acetylenes is 1. The van der Waals surface area contributed by atoms with Crippen molar-refractivity contribution in [2.24, 2.45) is 0 Å². The van der Waals surface area contributed by atoms with Crippen LogP contribution in [0.3, 0.4) is 0 Å². The third-order valence-electron chi connectivity index (χ3n) is 5.84. The summed E-state index contributed by atoms with van der Waals surface area (Å²) in [6.07, 6.45) is 29.0. The minimum atomic E-state index is 0.101. The van der Waals surface area contributed by atoms with Gasteiger partial charge in [-0.2, -0.15) is 0 Å². The molecule has 1 rings (SSSR count). The lowest BCUT2D eigenvalue weighted by molar-refractivity contribution is -0.116. The molecule has 0 atom stereocenters. The molecule has 2 heteroatoms. The van der Waals surface area contributed by atoms with Crippen molar-refractivity contribution in [3.05, 3.63) is 29.8 Å². The molecule has 0 heterocycles. The highest BCUT2D eigenvalue weighted by molar-refractivity contribution is 5.90. The topological polar surface area (TPSA) is 29.1 Å². The highest BCUT2D eigenvalue weighted by Gasteiger charge is 2.02. The molecule has 168 valence electrons. The maximum absolute atomic E-state index is 12.0. The Morgan fingerprint density at radius 2 is 1.10 bits per heavy atom. The second-order valence-corrected chi connectivity index (χ2v) is 8.68.